The summed E-state index contributed by atoms with van der Waals surface area (Å²) in [5, 5.41) is 1.48. The van der Waals surface area contributed by atoms with Crippen LogP contribution >= 0.6 is 35.0 Å². The minimum absolute atomic E-state index is 0.175. The molecule has 2 N–H and O–H groups in total. The number of benzene rings is 1. The lowest BCUT2D eigenvalue weighted by Crippen LogP contribution is -2.46. The normalized spacial score (nSPS) is 20.7. The highest BCUT2D eigenvalue weighted by molar-refractivity contribution is 7.99. The molecule has 0 bridgehead atoms. The first-order valence-corrected chi connectivity index (χ1v) is 8.05. The van der Waals surface area contributed by atoms with Crippen molar-refractivity contribution < 1.29 is 4.74 Å². The van der Waals surface area contributed by atoms with E-state index in [1.807, 2.05) is 18.2 Å². The van der Waals surface area contributed by atoms with Crippen molar-refractivity contribution in [2.75, 3.05) is 38.5 Å². The van der Waals surface area contributed by atoms with E-state index in [4.69, 9.17) is 33.7 Å². The van der Waals surface area contributed by atoms with Crippen molar-refractivity contribution >= 4 is 35.0 Å². The topological polar surface area (TPSA) is 38.5 Å². The van der Waals surface area contributed by atoms with Crippen molar-refractivity contribution in [2.24, 2.45) is 5.73 Å². The van der Waals surface area contributed by atoms with Crippen LogP contribution in [-0.4, -0.2) is 49.5 Å². The van der Waals surface area contributed by atoms with Crippen LogP contribution in [0.1, 0.15) is 0 Å². The maximum absolute atomic E-state index is 6.13. The molecule has 0 amide bonds. The van der Waals surface area contributed by atoms with Gasteiger partial charge in [-0.15, -0.1) is 11.8 Å². The summed E-state index contributed by atoms with van der Waals surface area (Å²) >= 11 is 13.8. The van der Waals surface area contributed by atoms with Gasteiger partial charge >= 0.3 is 0 Å². The molecule has 3 nitrogen and oxygen atoms in total. The van der Waals surface area contributed by atoms with Gasteiger partial charge in [-0.2, -0.15) is 0 Å². The Morgan fingerprint density at radius 2 is 2.26 bits per heavy atom. The van der Waals surface area contributed by atoms with Crippen LogP contribution in [0.4, 0.5) is 0 Å². The average molecular weight is 321 g/mol. The molecule has 0 saturated carbocycles. The quantitative estimate of drug-likeness (QED) is 0.847. The molecular formula is C13H18Cl2N2OS. The molecule has 1 heterocycles. The molecule has 1 fully saturated rings. The van der Waals surface area contributed by atoms with Crippen LogP contribution in [-0.2, 0) is 4.74 Å². The summed E-state index contributed by atoms with van der Waals surface area (Å²) in [5.74, 6) is 0.983. The molecule has 1 aliphatic rings. The Hall–Kier alpha value is 0.0300. The Bertz CT molecular complexity index is 420. The van der Waals surface area contributed by atoms with E-state index in [0.717, 1.165) is 46.9 Å². The third kappa shape index (κ3) is 4.81. The summed E-state index contributed by atoms with van der Waals surface area (Å²) in [7, 11) is 0. The van der Waals surface area contributed by atoms with Crippen LogP contribution in [0, 0.1) is 0 Å². The highest BCUT2D eigenvalue weighted by Gasteiger charge is 2.18. The largest absolute Gasteiger partial charge is 0.374 e. The van der Waals surface area contributed by atoms with Gasteiger partial charge in [-0.25, -0.2) is 0 Å². The zero-order chi connectivity index (χ0) is 13.7. The van der Waals surface area contributed by atoms with E-state index < -0.39 is 0 Å². The van der Waals surface area contributed by atoms with Gasteiger partial charge < -0.3 is 10.5 Å². The SMILES string of the molecule is NCC1CN(CCSc2cc(Cl)ccc2Cl)CCO1. The molecule has 0 radical (unpaired) electrons. The average Bonchev–Trinajstić information content (AvgIpc) is 2.43. The highest BCUT2D eigenvalue weighted by Crippen LogP contribution is 2.29. The Morgan fingerprint density at radius 1 is 1.42 bits per heavy atom. The minimum Gasteiger partial charge on any atom is -0.374 e. The second-order valence-electron chi connectivity index (χ2n) is 4.45. The summed E-state index contributed by atoms with van der Waals surface area (Å²) in [5.41, 5.74) is 5.63. The molecule has 1 unspecified atom stereocenters. The number of hydrogen-bond acceptors (Lipinski definition) is 4. The highest BCUT2D eigenvalue weighted by atomic mass is 35.5. The van der Waals surface area contributed by atoms with Crippen LogP contribution in [0.25, 0.3) is 0 Å². The molecule has 6 heteroatoms. The van der Waals surface area contributed by atoms with Crippen LogP contribution in [0.15, 0.2) is 23.1 Å². The van der Waals surface area contributed by atoms with Gasteiger partial charge in [-0.05, 0) is 18.2 Å². The summed E-state index contributed by atoms with van der Waals surface area (Å²) in [6, 6.07) is 5.56. The molecule has 0 spiro atoms. The molecular weight excluding hydrogens is 303 g/mol. The van der Waals surface area contributed by atoms with Gasteiger partial charge in [0.25, 0.3) is 0 Å². The molecule has 0 aromatic heterocycles. The number of ether oxygens (including phenoxy) is 1. The summed E-state index contributed by atoms with van der Waals surface area (Å²) < 4.78 is 5.54. The van der Waals surface area contributed by atoms with Gasteiger partial charge in [0, 0.05) is 41.8 Å². The third-order valence-corrected chi connectivity index (χ3v) is 4.76. The lowest BCUT2D eigenvalue weighted by molar-refractivity contribution is -0.0208. The number of rotatable bonds is 5. The molecule has 1 aromatic carbocycles. The molecule has 1 aromatic rings. The molecule has 19 heavy (non-hydrogen) atoms. The third-order valence-electron chi connectivity index (χ3n) is 3.04. The van der Waals surface area contributed by atoms with Crippen molar-refractivity contribution in [3.05, 3.63) is 28.2 Å². The summed E-state index contributed by atoms with van der Waals surface area (Å²) in [6.07, 6.45) is 0.175. The monoisotopic (exact) mass is 320 g/mol. The van der Waals surface area contributed by atoms with Crippen LogP contribution in [0.5, 0.6) is 0 Å². The van der Waals surface area contributed by atoms with E-state index in [0.29, 0.717) is 6.54 Å². The number of halogens is 2. The number of nitrogens with zero attached hydrogens (tertiary/aromatic N) is 1. The number of thioether (sulfide) groups is 1. The molecule has 0 aliphatic carbocycles. The fourth-order valence-electron chi connectivity index (χ4n) is 2.00. The van der Waals surface area contributed by atoms with Crippen molar-refractivity contribution in [3.63, 3.8) is 0 Å². The zero-order valence-corrected chi connectivity index (χ0v) is 13.0. The molecule has 1 aliphatic heterocycles. The van der Waals surface area contributed by atoms with Crippen LogP contribution in [0.2, 0.25) is 10.0 Å². The standard InChI is InChI=1S/C13H18Cl2N2OS/c14-10-1-2-12(15)13(7-10)19-6-4-17-3-5-18-11(8-16)9-17/h1-2,7,11H,3-6,8-9,16H2. The summed E-state index contributed by atoms with van der Waals surface area (Å²) in [6.45, 7) is 4.25. The van der Waals surface area contributed by atoms with Crippen LogP contribution in [0.3, 0.4) is 0 Å². The lowest BCUT2D eigenvalue weighted by Gasteiger charge is -2.32. The molecule has 106 valence electrons. The molecule has 2 rings (SSSR count). The Labute approximate surface area is 128 Å². The van der Waals surface area contributed by atoms with Crippen molar-refractivity contribution in [3.8, 4) is 0 Å². The summed E-state index contributed by atoms with van der Waals surface area (Å²) in [4.78, 5) is 3.42. The van der Waals surface area contributed by atoms with Crippen molar-refractivity contribution in [1.29, 1.82) is 0 Å². The van der Waals surface area contributed by atoms with Crippen molar-refractivity contribution in [2.45, 2.75) is 11.0 Å². The van der Waals surface area contributed by atoms with Gasteiger partial charge in [-0.1, -0.05) is 23.2 Å². The van der Waals surface area contributed by atoms with Crippen molar-refractivity contribution in [1.82, 2.24) is 4.90 Å². The Morgan fingerprint density at radius 3 is 3.05 bits per heavy atom. The Balaban J connectivity index is 1.78. The van der Waals surface area contributed by atoms with E-state index in [9.17, 15) is 0 Å². The van der Waals surface area contributed by atoms with Gasteiger partial charge in [-0.3, -0.25) is 4.90 Å². The van der Waals surface area contributed by atoms with E-state index in [1.54, 1.807) is 11.8 Å². The second kappa shape index (κ2) is 7.72. The molecule has 1 atom stereocenters. The minimum atomic E-state index is 0.175. The fraction of sp³-hybridized carbons (Fsp3) is 0.538. The van der Waals surface area contributed by atoms with E-state index in [1.165, 1.54) is 0 Å². The zero-order valence-electron chi connectivity index (χ0n) is 10.6. The van der Waals surface area contributed by atoms with E-state index in [-0.39, 0.29) is 6.10 Å². The first-order valence-electron chi connectivity index (χ1n) is 6.31. The maximum atomic E-state index is 6.13. The first kappa shape index (κ1) is 15.4. The number of nitrogens with two attached hydrogens (primary N) is 1. The Kier molecular flexibility index (Phi) is 6.26. The van der Waals surface area contributed by atoms with Crippen LogP contribution < -0.4 is 5.73 Å². The van der Waals surface area contributed by atoms with Gasteiger partial charge in [0.15, 0.2) is 0 Å². The van der Waals surface area contributed by atoms with Gasteiger partial charge in [0.2, 0.25) is 0 Å². The predicted octanol–water partition coefficient (Wildman–Crippen LogP) is 2.75. The smallest absolute Gasteiger partial charge is 0.0824 e. The molecule has 1 saturated heterocycles. The number of morpholine rings is 1. The maximum Gasteiger partial charge on any atom is 0.0824 e. The van der Waals surface area contributed by atoms with Gasteiger partial charge in [0.1, 0.15) is 0 Å². The van der Waals surface area contributed by atoms with E-state index in [2.05, 4.69) is 4.90 Å². The van der Waals surface area contributed by atoms with E-state index >= 15 is 0 Å². The second-order valence-corrected chi connectivity index (χ2v) is 6.43. The number of hydrogen-bond donors (Lipinski definition) is 1. The van der Waals surface area contributed by atoms with Gasteiger partial charge in [0.05, 0.1) is 17.7 Å². The fourth-order valence-corrected chi connectivity index (χ4v) is 3.50. The lowest BCUT2D eigenvalue weighted by atomic mass is 10.3. The predicted molar refractivity (Wildman–Crippen MR) is 82.4 cm³/mol. The first-order chi connectivity index (χ1) is 9.19.